The molecule has 2 rings (SSSR count). The van der Waals surface area contributed by atoms with Crippen molar-refractivity contribution in [3.8, 4) is 0 Å². The van der Waals surface area contributed by atoms with E-state index in [0.29, 0.717) is 15.7 Å². The van der Waals surface area contributed by atoms with Gasteiger partial charge in [0.2, 0.25) is 0 Å². The van der Waals surface area contributed by atoms with Crippen molar-refractivity contribution < 1.29 is 9.59 Å². The molecule has 2 amide bonds. The summed E-state index contributed by atoms with van der Waals surface area (Å²) in [4.78, 5) is 23.8. The Labute approximate surface area is 134 Å². The van der Waals surface area contributed by atoms with Gasteiger partial charge in [0.15, 0.2) is 0 Å². The van der Waals surface area contributed by atoms with Crippen LogP contribution >= 0.6 is 23.2 Å². The highest BCUT2D eigenvalue weighted by molar-refractivity contribution is 6.42. The van der Waals surface area contributed by atoms with Gasteiger partial charge in [0.25, 0.3) is 0 Å². The molecular formula is C15H18Cl2N2O2. The van der Waals surface area contributed by atoms with E-state index in [2.05, 4.69) is 10.6 Å². The lowest BCUT2D eigenvalue weighted by Gasteiger charge is -2.16. The molecule has 1 saturated carbocycles. The number of carbonyl (C=O) groups is 2. The molecule has 6 heteroatoms. The second kappa shape index (κ2) is 7.66. The fourth-order valence-electron chi connectivity index (χ4n) is 2.44. The molecule has 0 aliphatic heterocycles. The first-order valence-corrected chi connectivity index (χ1v) is 7.89. The third-order valence-corrected chi connectivity index (χ3v) is 4.12. The van der Waals surface area contributed by atoms with Crippen LogP contribution in [0.3, 0.4) is 0 Å². The summed E-state index contributed by atoms with van der Waals surface area (Å²) >= 11 is 11.7. The summed E-state index contributed by atoms with van der Waals surface area (Å²) in [6.07, 6.45) is 6.44. The molecule has 1 aliphatic carbocycles. The van der Waals surface area contributed by atoms with E-state index in [1.165, 1.54) is 18.9 Å². The molecule has 4 nitrogen and oxygen atoms in total. The highest BCUT2D eigenvalue weighted by Crippen LogP contribution is 2.25. The molecule has 0 radical (unpaired) electrons. The predicted molar refractivity (Wildman–Crippen MR) is 84.7 cm³/mol. The Hall–Kier alpha value is -1.26. The number of hydrogen-bond acceptors (Lipinski definition) is 2. The number of rotatable bonds is 2. The van der Waals surface area contributed by atoms with E-state index in [1.807, 2.05) is 0 Å². The quantitative estimate of drug-likeness (QED) is 0.641. The Bertz CT molecular complexity index is 526. The van der Waals surface area contributed by atoms with Crippen LogP contribution in [0.4, 0.5) is 5.69 Å². The van der Waals surface area contributed by atoms with Crippen LogP contribution in [0.25, 0.3) is 0 Å². The van der Waals surface area contributed by atoms with Gasteiger partial charge in [-0.3, -0.25) is 9.59 Å². The Kier molecular flexibility index (Phi) is 5.88. The van der Waals surface area contributed by atoms with Crippen molar-refractivity contribution in [1.29, 1.82) is 0 Å². The van der Waals surface area contributed by atoms with E-state index >= 15 is 0 Å². The van der Waals surface area contributed by atoms with Gasteiger partial charge >= 0.3 is 11.8 Å². The Morgan fingerprint density at radius 3 is 2.29 bits per heavy atom. The van der Waals surface area contributed by atoms with Gasteiger partial charge in [-0.25, -0.2) is 0 Å². The lowest BCUT2D eigenvalue weighted by molar-refractivity contribution is -0.136. The van der Waals surface area contributed by atoms with Crippen LogP contribution in [0.2, 0.25) is 10.0 Å². The van der Waals surface area contributed by atoms with Gasteiger partial charge in [-0.05, 0) is 31.0 Å². The highest BCUT2D eigenvalue weighted by atomic mass is 35.5. The molecule has 1 aliphatic rings. The van der Waals surface area contributed by atoms with Gasteiger partial charge in [-0.1, -0.05) is 48.9 Å². The maximum Gasteiger partial charge on any atom is 0.313 e. The third kappa shape index (κ3) is 4.90. The molecule has 2 N–H and O–H groups in total. The first-order chi connectivity index (χ1) is 10.1. The molecular weight excluding hydrogens is 311 g/mol. The Balaban J connectivity index is 1.91. The smallest absolute Gasteiger partial charge is 0.313 e. The number of benzene rings is 1. The van der Waals surface area contributed by atoms with Crippen LogP contribution in [-0.2, 0) is 9.59 Å². The zero-order chi connectivity index (χ0) is 15.2. The monoisotopic (exact) mass is 328 g/mol. The normalized spacial score (nSPS) is 16.1. The van der Waals surface area contributed by atoms with Crippen molar-refractivity contribution in [2.75, 3.05) is 5.32 Å². The fraction of sp³-hybridized carbons (Fsp3) is 0.467. The number of amides is 2. The van der Waals surface area contributed by atoms with Crippen molar-refractivity contribution >= 4 is 40.7 Å². The number of halogens is 2. The maximum atomic E-state index is 11.9. The summed E-state index contributed by atoms with van der Waals surface area (Å²) in [5, 5.41) is 6.07. The molecule has 1 aromatic rings. The summed E-state index contributed by atoms with van der Waals surface area (Å²) in [5.41, 5.74) is 0.377. The second-order valence-electron chi connectivity index (χ2n) is 5.24. The van der Waals surface area contributed by atoms with E-state index in [1.54, 1.807) is 12.1 Å². The lowest BCUT2D eigenvalue weighted by Crippen LogP contribution is -2.41. The third-order valence-electron chi connectivity index (χ3n) is 3.58. The van der Waals surface area contributed by atoms with Gasteiger partial charge in [0.05, 0.1) is 10.7 Å². The van der Waals surface area contributed by atoms with E-state index in [9.17, 15) is 9.59 Å². The molecule has 0 heterocycles. The summed E-state index contributed by atoms with van der Waals surface area (Å²) in [5.74, 6) is -1.32. The van der Waals surface area contributed by atoms with E-state index < -0.39 is 11.8 Å². The Morgan fingerprint density at radius 2 is 1.67 bits per heavy atom. The van der Waals surface area contributed by atoms with E-state index in [4.69, 9.17) is 23.2 Å². The molecule has 114 valence electrons. The van der Waals surface area contributed by atoms with Crippen molar-refractivity contribution in [2.45, 2.75) is 44.6 Å². The first-order valence-electron chi connectivity index (χ1n) is 7.13. The summed E-state index contributed by atoms with van der Waals surface area (Å²) in [7, 11) is 0. The van der Waals surface area contributed by atoms with Gasteiger partial charge < -0.3 is 10.6 Å². The molecule has 0 atom stereocenters. The van der Waals surface area contributed by atoms with Crippen LogP contribution < -0.4 is 10.6 Å². The lowest BCUT2D eigenvalue weighted by atomic mass is 10.1. The molecule has 21 heavy (non-hydrogen) atoms. The number of hydrogen-bond donors (Lipinski definition) is 2. The minimum atomic E-state index is -0.705. The van der Waals surface area contributed by atoms with Crippen LogP contribution in [0.5, 0.6) is 0 Å². The second-order valence-corrected chi connectivity index (χ2v) is 6.08. The SMILES string of the molecule is O=C(Nc1ccc(Cl)cc1Cl)C(=O)NC1CCCCCC1. The summed E-state index contributed by atoms with van der Waals surface area (Å²) < 4.78 is 0. The highest BCUT2D eigenvalue weighted by Gasteiger charge is 2.20. The minimum absolute atomic E-state index is 0.0893. The molecule has 0 saturated heterocycles. The zero-order valence-electron chi connectivity index (χ0n) is 11.6. The molecule has 0 spiro atoms. The molecule has 0 bridgehead atoms. The number of anilines is 1. The predicted octanol–water partition coefficient (Wildman–Crippen LogP) is 3.77. The molecule has 1 fully saturated rings. The van der Waals surface area contributed by atoms with Gasteiger partial charge in [-0.2, -0.15) is 0 Å². The largest absolute Gasteiger partial charge is 0.345 e. The molecule has 0 aromatic heterocycles. The maximum absolute atomic E-state index is 11.9. The molecule has 0 unspecified atom stereocenters. The summed E-state index contributed by atoms with van der Waals surface area (Å²) in [6.45, 7) is 0. The Morgan fingerprint density at radius 1 is 1.00 bits per heavy atom. The number of nitrogens with one attached hydrogen (secondary N) is 2. The summed E-state index contributed by atoms with van der Waals surface area (Å²) in [6, 6.07) is 4.78. The molecule has 1 aromatic carbocycles. The van der Waals surface area contributed by atoms with Gasteiger partial charge in [-0.15, -0.1) is 0 Å². The van der Waals surface area contributed by atoms with Crippen molar-refractivity contribution in [1.82, 2.24) is 5.32 Å². The average molecular weight is 329 g/mol. The van der Waals surface area contributed by atoms with Crippen molar-refractivity contribution in [2.24, 2.45) is 0 Å². The first kappa shape index (κ1) is 16.1. The topological polar surface area (TPSA) is 58.2 Å². The van der Waals surface area contributed by atoms with Crippen LogP contribution in [0.15, 0.2) is 18.2 Å². The van der Waals surface area contributed by atoms with Crippen molar-refractivity contribution in [3.05, 3.63) is 28.2 Å². The van der Waals surface area contributed by atoms with Crippen LogP contribution in [0.1, 0.15) is 38.5 Å². The standard InChI is InChI=1S/C15H18Cl2N2O2/c16-10-7-8-13(12(17)9-10)19-15(21)14(20)18-11-5-3-1-2-4-6-11/h7-9,11H,1-6H2,(H,18,20)(H,19,21). The van der Waals surface area contributed by atoms with E-state index in [0.717, 1.165) is 25.7 Å². The zero-order valence-corrected chi connectivity index (χ0v) is 13.1. The van der Waals surface area contributed by atoms with Gasteiger partial charge in [0, 0.05) is 11.1 Å². The van der Waals surface area contributed by atoms with Crippen LogP contribution in [-0.4, -0.2) is 17.9 Å². The van der Waals surface area contributed by atoms with E-state index in [-0.39, 0.29) is 6.04 Å². The fourth-order valence-corrected chi connectivity index (χ4v) is 2.90. The number of carbonyl (C=O) groups excluding carboxylic acids is 2. The average Bonchev–Trinajstić information content (AvgIpc) is 2.70. The van der Waals surface area contributed by atoms with Crippen LogP contribution in [0, 0.1) is 0 Å². The van der Waals surface area contributed by atoms with Gasteiger partial charge in [0.1, 0.15) is 0 Å². The van der Waals surface area contributed by atoms with Crippen molar-refractivity contribution in [3.63, 3.8) is 0 Å². The minimum Gasteiger partial charge on any atom is -0.345 e.